The molecule has 4 heteroatoms. The molecular formula is C21H33N3O. The molecule has 2 aliphatic rings. The molecule has 3 rings (SSSR count). The Bertz CT molecular complexity index is 539. The molecule has 0 unspecified atom stereocenters. The highest BCUT2D eigenvalue weighted by Crippen LogP contribution is 2.18. The van der Waals surface area contributed by atoms with Crippen LogP contribution in [0.1, 0.15) is 44.6 Å². The van der Waals surface area contributed by atoms with Crippen molar-refractivity contribution in [1.82, 2.24) is 14.7 Å². The predicted octanol–water partition coefficient (Wildman–Crippen LogP) is 2.81. The molecule has 2 atom stereocenters. The van der Waals surface area contributed by atoms with Crippen LogP contribution >= 0.6 is 0 Å². The van der Waals surface area contributed by atoms with Gasteiger partial charge in [0.05, 0.1) is 6.54 Å². The Kier molecular flexibility index (Phi) is 6.49. The molecule has 4 nitrogen and oxygen atoms in total. The second-order valence-electron chi connectivity index (χ2n) is 7.82. The lowest BCUT2D eigenvalue weighted by molar-refractivity contribution is -0.136. The molecule has 2 heterocycles. The van der Waals surface area contributed by atoms with Gasteiger partial charge >= 0.3 is 0 Å². The molecule has 0 aliphatic carbocycles. The number of hydrogen-bond donors (Lipinski definition) is 0. The highest BCUT2D eigenvalue weighted by Gasteiger charge is 2.26. The number of carbonyl (C=O) groups excluding carboxylic acids is 1. The van der Waals surface area contributed by atoms with Crippen LogP contribution in [0.15, 0.2) is 30.3 Å². The van der Waals surface area contributed by atoms with E-state index in [1.54, 1.807) is 0 Å². The van der Waals surface area contributed by atoms with Gasteiger partial charge in [-0.25, -0.2) is 0 Å². The maximum absolute atomic E-state index is 12.6. The van der Waals surface area contributed by atoms with Gasteiger partial charge in [0.15, 0.2) is 0 Å². The van der Waals surface area contributed by atoms with Crippen molar-refractivity contribution in [1.29, 1.82) is 0 Å². The van der Waals surface area contributed by atoms with Crippen LogP contribution in [0.25, 0.3) is 0 Å². The number of rotatable bonds is 5. The molecule has 0 saturated carbocycles. The maximum atomic E-state index is 12.6. The summed E-state index contributed by atoms with van der Waals surface area (Å²) in [4.78, 5) is 19.6. The predicted molar refractivity (Wildman–Crippen MR) is 103 cm³/mol. The van der Waals surface area contributed by atoms with Gasteiger partial charge in [-0.3, -0.25) is 9.69 Å². The molecule has 2 aliphatic heterocycles. The lowest BCUT2D eigenvalue weighted by Gasteiger charge is -2.38. The van der Waals surface area contributed by atoms with E-state index in [9.17, 15) is 4.79 Å². The first-order valence-electron chi connectivity index (χ1n) is 9.92. The zero-order valence-corrected chi connectivity index (χ0v) is 15.9. The van der Waals surface area contributed by atoms with Gasteiger partial charge in [0.25, 0.3) is 0 Å². The molecular weight excluding hydrogens is 310 g/mol. The summed E-state index contributed by atoms with van der Waals surface area (Å²) in [7, 11) is 0. The van der Waals surface area contributed by atoms with Crippen molar-refractivity contribution in [2.24, 2.45) is 0 Å². The Morgan fingerprint density at radius 2 is 1.72 bits per heavy atom. The summed E-state index contributed by atoms with van der Waals surface area (Å²) in [5.74, 6) is 0.891. The number of likely N-dealkylation sites (tertiary alicyclic amines) is 1. The minimum Gasteiger partial charge on any atom is -0.339 e. The number of carbonyl (C=O) groups is 1. The van der Waals surface area contributed by atoms with E-state index in [1.165, 1.54) is 18.4 Å². The second-order valence-corrected chi connectivity index (χ2v) is 7.82. The van der Waals surface area contributed by atoms with Crippen LogP contribution in [0.3, 0.4) is 0 Å². The van der Waals surface area contributed by atoms with E-state index in [-0.39, 0.29) is 0 Å². The molecule has 2 fully saturated rings. The number of piperidine rings is 1. The fraction of sp³-hybridized carbons (Fsp3) is 0.667. The van der Waals surface area contributed by atoms with E-state index in [1.807, 2.05) is 0 Å². The third-order valence-electron chi connectivity index (χ3n) is 5.85. The number of amides is 1. The van der Waals surface area contributed by atoms with Crippen molar-refractivity contribution in [3.8, 4) is 0 Å². The fourth-order valence-electron chi connectivity index (χ4n) is 4.16. The summed E-state index contributed by atoms with van der Waals surface area (Å²) < 4.78 is 0. The van der Waals surface area contributed by atoms with Crippen LogP contribution in [0, 0.1) is 0 Å². The zero-order chi connectivity index (χ0) is 17.6. The average Bonchev–Trinajstić information content (AvgIpc) is 2.64. The lowest BCUT2D eigenvalue weighted by Crippen LogP contribution is -2.52. The number of piperazine rings is 1. The van der Waals surface area contributed by atoms with E-state index >= 15 is 0 Å². The molecule has 0 radical (unpaired) electrons. The Balaban J connectivity index is 1.42. The third-order valence-corrected chi connectivity index (χ3v) is 5.85. The molecule has 0 aromatic heterocycles. The van der Waals surface area contributed by atoms with Crippen molar-refractivity contribution in [2.75, 3.05) is 45.8 Å². The summed E-state index contributed by atoms with van der Waals surface area (Å²) in [6, 6.07) is 11.2. The monoisotopic (exact) mass is 343 g/mol. The smallest absolute Gasteiger partial charge is 0.236 e. The summed E-state index contributed by atoms with van der Waals surface area (Å²) in [5, 5.41) is 0. The van der Waals surface area contributed by atoms with Crippen LogP contribution < -0.4 is 0 Å². The van der Waals surface area contributed by atoms with Gasteiger partial charge in [-0.2, -0.15) is 0 Å². The van der Waals surface area contributed by atoms with Crippen molar-refractivity contribution in [3.63, 3.8) is 0 Å². The highest BCUT2D eigenvalue weighted by molar-refractivity contribution is 5.78. The van der Waals surface area contributed by atoms with Crippen molar-refractivity contribution in [3.05, 3.63) is 35.9 Å². The van der Waals surface area contributed by atoms with E-state index in [0.29, 0.717) is 24.4 Å². The number of benzene rings is 1. The fourth-order valence-corrected chi connectivity index (χ4v) is 4.16. The van der Waals surface area contributed by atoms with E-state index in [2.05, 4.69) is 58.9 Å². The van der Waals surface area contributed by atoms with Crippen LogP contribution in [0.5, 0.6) is 0 Å². The van der Waals surface area contributed by atoms with Crippen molar-refractivity contribution >= 4 is 5.91 Å². The van der Waals surface area contributed by atoms with Gasteiger partial charge in [-0.1, -0.05) is 37.3 Å². The highest BCUT2D eigenvalue weighted by atomic mass is 16.2. The first kappa shape index (κ1) is 18.4. The molecule has 1 amide bonds. The summed E-state index contributed by atoms with van der Waals surface area (Å²) in [6.45, 7) is 11.3. The minimum absolute atomic E-state index is 0.332. The Labute approximate surface area is 152 Å². The largest absolute Gasteiger partial charge is 0.339 e. The summed E-state index contributed by atoms with van der Waals surface area (Å²) >= 11 is 0. The quantitative estimate of drug-likeness (QED) is 0.822. The third kappa shape index (κ3) is 5.05. The number of nitrogens with zero attached hydrogens (tertiary/aromatic N) is 3. The molecule has 0 N–H and O–H groups in total. The van der Waals surface area contributed by atoms with E-state index in [4.69, 9.17) is 0 Å². The molecule has 1 aromatic rings. The number of hydrogen-bond acceptors (Lipinski definition) is 3. The molecule has 0 spiro atoms. The Morgan fingerprint density at radius 3 is 2.40 bits per heavy atom. The van der Waals surface area contributed by atoms with Crippen LogP contribution in [0.2, 0.25) is 0 Å². The molecule has 1 aromatic carbocycles. The van der Waals surface area contributed by atoms with Crippen molar-refractivity contribution in [2.45, 2.75) is 45.1 Å². The van der Waals surface area contributed by atoms with Gasteiger partial charge < -0.3 is 9.80 Å². The first-order chi connectivity index (χ1) is 12.1. The maximum Gasteiger partial charge on any atom is 0.236 e. The van der Waals surface area contributed by atoms with Crippen LogP contribution in [-0.2, 0) is 4.79 Å². The van der Waals surface area contributed by atoms with E-state index in [0.717, 1.165) is 45.7 Å². The molecule has 2 saturated heterocycles. The topological polar surface area (TPSA) is 26.8 Å². The second kappa shape index (κ2) is 8.81. The molecule has 0 bridgehead atoms. The summed E-state index contributed by atoms with van der Waals surface area (Å²) in [6.07, 6.45) is 3.60. The molecule has 138 valence electrons. The van der Waals surface area contributed by atoms with Gasteiger partial charge in [0.1, 0.15) is 0 Å². The zero-order valence-electron chi connectivity index (χ0n) is 15.9. The Hall–Kier alpha value is -1.39. The first-order valence-corrected chi connectivity index (χ1v) is 9.92. The lowest BCUT2D eigenvalue weighted by atomic mass is 10.0. The minimum atomic E-state index is 0.332. The van der Waals surface area contributed by atoms with Gasteiger partial charge in [0.2, 0.25) is 5.91 Å². The average molecular weight is 344 g/mol. The SMILES string of the molecule is C[C@H](CN1CCN(CC(=O)N2CCCC[C@@H]2C)CC1)c1ccccc1. The summed E-state index contributed by atoms with van der Waals surface area (Å²) in [5.41, 5.74) is 1.42. The molecule has 25 heavy (non-hydrogen) atoms. The van der Waals surface area contributed by atoms with Crippen molar-refractivity contribution < 1.29 is 4.79 Å². The van der Waals surface area contributed by atoms with Gasteiger partial charge in [-0.15, -0.1) is 0 Å². The Morgan fingerprint density at radius 1 is 1.04 bits per heavy atom. The normalized spacial score (nSPS) is 24.2. The van der Waals surface area contributed by atoms with E-state index < -0.39 is 0 Å². The van der Waals surface area contributed by atoms with Gasteiger partial charge in [0, 0.05) is 45.3 Å². The van der Waals surface area contributed by atoms with Crippen LogP contribution in [0.4, 0.5) is 0 Å². The standard InChI is InChI=1S/C21H33N3O/c1-18(20-9-4-3-5-10-20)16-22-12-14-23(15-13-22)17-21(25)24-11-7-6-8-19(24)2/h3-5,9-10,18-19H,6-8,11-17H2,1-2H3/t18-,19+/m1/s1. The van der Waals surface area contributed by atoms with Gasteiger partial charge in [-0.05, 0) is 37.7 Å². The van der Waals surface area contributed by atoms with Crippen LogP contribution in [-0.4, -0.2) is 72.5 Å².